The Morgan fingerprint density at radius 1 is 1.12 bits per heavy atom. The maximum absolute atomic E-state index is 12.2. The van der Waals surface area contributed by atoms with Crippen molar-refractivity contribution in [1.82, 2.24) is 5.32 Å². The Balaban J connectivity index is 0.00000301. The SMILES string of the molecule is CC.CCCCCCCC(=O)N[C@H](c1ccccc1)[C@H](C)OP(=O)(O)O. The lowest BCUT2D eigenvalue weighted by atomic mass is 10.0. The number of carbonyl (C=O) groups excluding carboxylic acids is 1. The van der Waals surface area contributed by atoms with E-state index in [1.54, 1.807) is 12.1 Å². The van der Waals surface area contributed by atoms with Gasteiger partial charge in [0.25, 0.3) is 0 Å². The molecule has 0 saturated heterocycles. The standard InChI is InChI=1S/C17H28NO5P.C2H6/c1-3-4-5-6-10-13-16(19)18-17(14(2)23-24(20,21)22)15-11-8-7-9-12-15;1-2/h7-9,11-12,14,17H,3-6,10,13H2,1-2H3,(H,18,19)(H2,20,21,22);1-2H3/t14-,17-;/m0./s1. The van der Waals surface area contributed by atoms with Gasteiger partial charge in [0.1, 0.15) is 0 Å². The summed E-state index contributed by atoms with van der Waals surface area (Å²) < 4.78 is 15.9. The number of amides is 1. The van der Waals surface area contributed by atoms with Crippen LogP contribution in [0, 0.1) is 0 Å². The third-order valence-electron chi connectivity index (χ3n) is 3.76. The topological polar surface area (TPSA) is 95.9 Å². The number of phosphoric ester groups is 1. The number of hydrogen-bond acceptors (Lipinski definition) is 3. The Hall–Kier alpha value is -1.20. The Morgan fingerprint density at radius 3 is 2.23 bits per heavy atom. The van der Waals surface area contributed by atoms with Crippen LogP contribution in [0.3, 0.4) is 0 Å². The van der Waals surface area contributed by atoms with Crippen LogP contribution in [-0.4, -0.2) is 21.8 Å². The number of rotatable bonds is 11. The number of unbranched alkanes of at least 4 members (excludes halogenated alkanes) is 4. The molecule has 0 aliphatic rings. The zero-order valence-corrected chi connectivity index (χ0v) is 17.2. The van der Waals surface area contributed by atoms with Crippen molar-refractivity contribution in [3.63, 3.8) is 0 Å². The van der Waals surface area contributed by atoms with E-state index in [2.05, 4.69) is 12.2 Å². The van der Waals surface area contributed by atoms with Gasteiger partial charge in [-0.25, -0.2) is 4.57 Å². The van der Waals surface area contributed by atoms with Crippen LogP contribution >= 0.6 is 7.82 Å². The summed E-state index contributed by atoms with van der Waals surface area (Å²) in [6, 6.07) is 8.44. The number of nitrogens with one attached hydrogen (secondary N) is 1. The Morgan fingerprint density at radius 2 is 1.69 bits per heavy atom. The molecule has 150 valence electrons. The van der Waals surface area contributed by atoms with Crippen LogP contribution in [-0.2, 0) is 13.9 Å². The summed E-state index contributed by atoms with van der Waals surface area (Å²) in [4.78, 5) is 30.2. The van der Waals surface area contributed by atoms with Crippen molar-refractivity contribution >= 4 is 13.7 Å². The zero-order chi connectivity index (χ0) is 20.0. The molecule has 0 saturated carbocycles. The summed E-state index contributed by atoms with van der Waals surface area (Å²) in [5.74, 6) is -0.137. The van der Waals surface area contributed by atoms with E-state index in [9.17, 15) is 9.36 Å². The molecule has 26 heavy (non-hydrogen) atoms. The highest BCUT2D eigenvalue weighted by molar-refractivity contribution is 7.46. The molecule has 1 amide bonds. The Kier molecular flexibility index (Phi) is 13.3. The molecule has 0 fully saturated rings. The molecule has 1 aromatic rings. The first-order chi connectivity index (χ1) is 12.3. The molecule has 1 aromatic carbocycles. The van der Waals surface area contributed by atoms with Crippen LogP contribution < -0.4 is 5.32 Å². The first kappa shape index (κ1) is 24.8. The maximum atomic E-state index is 12.2. The van der Waals surface area contributed by atoms with Gasteiger partial charge in [0.2, 0.25) is 5.91 Å². The summed E-state index contributed by atoms with van der Waals surface area (Å²) in [6.45, 7) is 7.68. The predicted octanol–water partition coefficient (Wildman–Crippen LogP) is 4.73. The van der Waals surface area contributed by atoms with Crippen LogP contribution in [0.1, 0.15) is 77.8 Å². The molecular formula is C19H34NO5P. The smallest absolute Gasteiger partial charge is 0.347 e. The molecule has 0 aromatic heterocycles. The summed E-state index contributed by atoms with van der Waals surface area (Å²) >= 11 is 0. The summed E-state index contributed by atoms with van der Waals surface area (Å²) in [5, 5.41) is 2.84. The number of carbonyl (C=O) groups is 1. The molecule has 0 spiro atoms. The van der Waals surface area contributed by atoms with Gasteiger partial charge in [-0.05, 0) is 18.9 Å². The molecule has 0 heterocycles. The normalized spacial score (nSPS) is 13.3. The predicted molar refractivity (Wildman–Crippen MR) is 105 cm³/mol. The lowest BCUT2D eigenvalue weighted by Crippen LogP contribution is -2.35. The van der Waals surface area contributed by atoms with Gasteiger partial charge in [-0.15, -0.1) is 0 Å². The molecule has 0 radical (unpaired) electrons. The second-order valence-corrected chi connectivity index (χ2v) is 7.11. The third kappa shape index (κ3) is 11.4. The van der Waals surface area contributed by atoms with Crippen LogP contribution in [0.5, 0.6) is 0 Å². The van der Waals surface area contributed by atoms with E-state index in [1.165, 1.54) is 13.3 Å². The fourth-order valence-corrected chi connectivity index (χ4v) is 3.10. The molecule has 2 atom stereocenters. The first-order valence-corrected chi connectivity index (χ1v) is 10.9. The van der Waals surface area contributed by atoms with E-state index in [4.69, 9.17) is 14.3 Å². The minimum absolute atomic E-state index is 0.137. The minimum Gasteiger partial charge on any atom is -0.347 e. The highest BCUT2D eigenvalue weighted by atomic mass is 31.2. The molecule has 1 rings (SSSR count). The van der Waals surface area contributed by atoms with Gasteiger partial charge >= 0.3 is 7.82 Å². The van der Waals surface area contributed by atoms with E-state index in [-0.39, 0.29) is 5.91 Å². The van der Waals surface area contributed by atoms with E-state index in [1.807, 2.05) is 32.0 Å². The van der Waals surface area contributed by atoms with Crippen molar-refractivity contribution < 1.29 is 23.7 Å². The van der Waals surface area contributed by atoms with Crippen LogP contribution in [0.4, 0.5) is 0 Å². The van der Waals surface area contributed by atoms with E-state index < -0.39 is 20.0 Å². The van der Waals surface area contributed by atoms with Crippen LogP contribution in [0.25, 0.3) is 0 Å². The molecule has 7 heteroatoms. The van der Waals surface area contributed by atoms with Gasteiger partial charge in [-0.3, -0.25) is 9.32 Å². The molecule has 0 aliphatic carbocycles. The fraction of sp³-hybridized carbons (Fsp3) is 0.632. The quantitative estimate of drug-likeness (QED) is 0.377. The minimum atomic E-state index is -4.62. The lowest BCUT2D eigenvalue weighted by molar-refractivity contribution is -0.122. The Bertz CT molecular complexity index is 532. The molecular weight excluding hydrogens is 353 g/mol. The third-order valence-corrected chi connectivity index (χ3v) is 4.36. The average Bonchev–Trinajstić information content (AvgIpc) is 2.60. The second kappa shape index (κ2) is 13.9. The van der Waals surface area contributed by atoms with Crippen molar-refractivity contribution in [2.75, 3.05) is 0 Å². The average molecular weight is 387 g/mol. The van der Waals surface area contributed by atoms with E-state index >= 15 is 0 Å². The van der Waals surface area contributed by atoms with Crippen LogP contribution in [0.15, 0.2) is 30.3 Å². The van der Waals surface area contributed by atoms with Gasteiger partial charge in [0, 0.05) is 6.42 Å². The summed E-state index contributed by atoms with van der Waals surface area (Å²) in [7, 11) is -4.62. The van der Waals surface area contributed by atoms with Crippen molar-refractivity contribution in [3.8, 4) is 0 Å². The van der Waals surface area contributed by atoms with Crippen molar-refractivity contribution in [2.45, 2.75) is 78.4 Å². The zero-order valence-electron chi connectivity index (χ0n) is 16.4. The van der Waals surface area contributed by atoms with Gasteiger partial charge in [-0.2, -0.15) is 0 Å². The van der Waals surface area contributed by atoms with Gasteiger partial charge in [-0.1, -0.05) is 76.8 Å². The van der Waals surface area contributed by atoms with Crippen molar-refractivity contribution in [1.29, 1.82) is 0 Å². The largest absolute Gasteiger partial charge is 0.469 e. The van der Waals surface area contributed by atoms with Gasteiger partial charge in [0.05, 0.1) is 12.1 Å². The van der Waals surface area contributed by atoms with Gasteiger partial charge < -0.3 is 15.1 Å². The molecule has 6 nitrogen and oxygen atoms in total. The number of benzene rings is 1. The van der Waals surface area contributed by atoms with E-state index in [0.29, 0.717) is 6.42 Å². The fourth-order valence-electron chi connectivity index (χ4n) is 2.54. The Labute approximate surface area is 157 Å². The van der Waals surface area contributed by atoms with Gasteiger partial charge in [0.15, 0.2) is 0 Å². The monoisotopic (exact) mass is 387 g/mol. The highest BCUT2D eigenvalue weighted by Crippen LogP contribution is 2.40. The highest BCUT2D eigenvalue weighted by Gasteiger charge is 2.28. The maximum Gasteiger partial charge on any atom is 0.469 e. The second-order valence-electron chi connectivity index (χ2n) is 5.92. The summed E-state index contributed by atoms with van der Waals surface area (Å²) in [5.41, 5.74) is 0.748. The molecule has 0 unspecified atom stereocenters. The number of phosphoric acid groups is 1. The van der Waals surface area contributed by atoms with Crippen LogP contribution in [0.2, 0.25) is 0 Å². The van der Waals surface area contributed by atoms with Crippen molar-refractivity contribution in [3.05, 3.63) is 35.9 Å². The first-order valence-electron chi connectivity index (χ1n) is 9.41. The number of hydrogen-bond donors (Lipinski definition) is 3. The van der Waals surface area contributed by atoms with Crippen molar-refractivity contribution in [2.24, 2.45) is 0 Å². The molecule has 3 N–H and O–H groups in total. The van der Waals surface area contributed by atoms with E-state index in [0.717, 1.165) is 31.2 Å². The lowest BCUT2D eigenvalue weighted by Gasteiger charge is -2.26. The summed E-state index contributed by atoms with van der Waals surface area (Å²) in [6.07, 6.45) is 4.80. The molecule has 0 bridgehead atoms. The molecule has 0 aliphatic heterocycles.